The Balaban J connectivity index is 2.06. The molecule has 0 bridgehead atoms. The highest BCUT2D eigenvalue weighted by molar-refractivity contribution is 4.75. The van der Waals surface area contributed by atoms with Gasteiger partial charge >= 0.3 is 0 Å². The van der Waals surface area contributed by atoms with E-state index in [1.807, 2.05) is 0 Å². The average Bonchev–Trinajstić information content (AvgIpc) is 1.58. The van der Waals surface area contributed by atoms with E-state index < -0.39 is 0 Å². The summed E-state index contributed by atoms with van der Waals surface area (Å²) in [5.74, 6) is 5.99. The molecule has 0 amide bonds. The Labute approximate surface area is 43.2 Å². The first-order valence-electron chi connectivity index (χ1n) is 2.52. The Morgan fingerprint density at radius 2 is 2.14 bits per heavy atom. The topological polar surface area (TPSA) is 55.3 Å². The summed E-state index contributed by atoms with van der Waals surface area (Å²) in [6, 6.07) is 0. The number of nitrogens with two attached hydrogens (primary N) is 2. The lowest BCUT2D eigenvalue weighted by atomic mass is 10.0. The lowest BCUT2D eigenvalue weighted by Crippen LogP contribution is -2.53. The normalized spacial score (nSPS) is 24.9. The molecule has 1 aliphatic rings. The van der Waals surface area contributed by atoms with Gasteiger partial charge in [0.05, 0.1) is 0 Å². The highest BCUT2D eigenvalue weighted by Gasteiger charge is 2.21. The molecule has 7 heavy (non-hydrogen) atoms. The molecule has 3 nitrogen and oxygen atoms in total. The van der Waals surface area contributed by atoms with Crippen LogP contribution in [-0.2, 0) is 0 Å². The number of hydrogen-bond acceptors (Lipinski definition) is 3. The minimum atomic E-state index is 0.671. The summed E-state index contributed by atoms with van der Waals surface area (Å²) in [4.78, 5) is 0. The van der Waals surface area contributed by atoms with Crippen LogP contribution in [0.2, 0.25) is 0 Å². The van der Waals surface area contributed by atoms with Crippen LogP contribution < -0.4 is 11.6 Å². The van der Waals surface area contributed by atoms with E-state index in [9.17, 15) is 0 Å². The van der Waals surface area contributed by atoms with Crippen molar-refractivity contribution in [3.05, 3.63) is 0 Å². The lowest BCUT2D eigenvalue weighted by molar-refractivity contribution is 0.108. The van der Waals surface area contributed by atoms with Crippen molar-refractivity contribution in [1.82, 2.24) is 5.01 Å². The van der Waals surface area contributed by atoms with E-state index in [1.54, 1.807) is 5.01 Å². The van der Waals surface area contributed by atoms with E-state index in [1.165, 1.54) is 0 Å². The molecule has 0 aromatic carbocycles. The third-order valence-electron chi connectivity index (χ3n) is 1.32. The number of nitrogens with zero attached hydrogens (tertiary/aromatic N) is 1. The Morgan fingerprint density at radius 3 is 2.29 bits per heavy atom. The fourth-order valence-corrected chi connectivity index (χ4v) is 0.759. The maximum Gasteiger partial charge on any atom is 0.0181 e. The molecule has 0 aromatic rings. The average molecular weight is 101 g/mol. The van der Waals surface area contributed by atoms with Crippen LogP contribution in [0.1, 0.15) is 0 Å². The van der Waals surface area contributed by atoms with Crippen LogP contribution >= 0.6 is 0 Å². The molecule has 0 saturated carbocycles. The van der Waals surface area contributed by atoms with Crippen LogP contribution in [0.5, 0.6) is 0 Å². The Morgan fingerprint density at radius 1 is 1.57 bits per heavy atom. The van der Waals surface area contributed by atoms with Crippen molar-refractivity contribution in [2.75, 3.05) is 19.6 Å². The SMILES string of the molecule is NCC1CN(N)C1. The van der Waals surface area contributed by atoms with Crippen molar-refractivity contribution in [2.45, 2.75) is 0 Å². The third-order valence-corrected chi connectivity index (χ3v) is 1.32. The molecule has 0 aromatic heterocycles. The largest absolute Gasteiger partial charge is 0.330 e. The van der Waals surface area contributed by atoms with Gasteiger partial charge in [-0.05, 0) is 12.5 Å². The van der Waals surface area contributed by atoms with Gasteiger partial charge < -0.3 is 5.73 Å². The first-order chi connectivity index (χ1) is 3.33. The molecule has 0 aliphatic carbocycles. The standard InChI is InChI=1S/C4H11N3/c5-1-4-2-7(6)3-4/h4H,1-3,5-6H2. The molecule has 1 rings (SSSR count). The first kappa shape index (κ1) is 5.03. The van der Waals surface area contributed by atoms with Crippen LogP contribution in [0, 0.1) is 5.92 Å². The predicted molar refractivity (Wildman–Crippen MR) is 28.3 cm³/mol. The van der Waals surface area contributed by atoms with E-state index in [-0.39, 0.29) is 0 Å². The summed E-state index contributed by atoms with van der Waals surface area (Å²) in [6.07, 6.45) is 0. The second-order valence-corrected chi connectivity index (χ2v) is 2.06. The zero-order chi connectivity index (χ0) is 5.28. The summed E-state index contributed by atoms with van der Waals surface area (Å²) in [6.45, 7) is 2.75. The van der Waals surface area contributed by atoms with Crippen molar-refractivity contribution in [3.63, 3.8) is 0 Å². The monoisotopic (exact) mass is 101 g/mol. The molecule has 0 unspecified atom stereocenters. The van der Waals surface area contributed by atoms with Gasteiger partial charge in [0.1, 0.15) is 0 Å². The third kappa shape index (κ3) is 0.907. The lowest BCUT2D eigenvalue weighted by Gasteiger charge is -2.34. The molecule has 4 N–H and O–H groups in total. The maximum absolute atomic E-state index is 5.32. The van der Waals surface area contributed by atoms with Gasteiger partial charge in [-0.2, -0.15) is 0 Å². The molecule has 0 atom stereocenters. The van der Waals surface area contributed by atoms with Crippen molar-refractivity contribution < 1.29 is 0 Å². The molecule has 1 fully saturated rings. The summed E-state index contributed by atoms with van der Waals surface area (Å²) in [5, 5.41) is 1.78. The van der Waals surface area contributed by atoms with Gasteiger partial charge in [-0.15, -0.1) is 0 Å². The van der Waals surface area contributed by atoms with E-state index in [0.29, 0.717) is 5.92 Å². The van der Waals surface area contributed by atoms with Gasteiger partial charge in [-0.25, -0.2) is 5.01 Å². The summed E-state index contributed by atoms with van der Waals surface area (Å²) < 4.78 is 0. The fourth-order valence-electron chi connectivity index (χ4n) is 0.759. The van der Waals surface area contributed by atoms with E-state index in [4.69, 9.17) is 11.6 Å². The second-order valence-electron chi connectivity index (χ2n) is 2.06. The van der Waals surface area contributed by atoms with Gasteiger partial charge in [0, 0.05) is 13.1 Å². The van der Waals surface area contributed by atoms with Crippen LogP contribution in [-0.4, -0.2) is 24.6 Å². The van der Waals surface area contributed by atoms with E-state index in [0.717, 1.165) is 19.6 Å². The molecular weight excluding hydrogens is 90.1 g/mol. The van der Waals surface area contributed by atoms with Crippen molar-refractivity contribution in [1.29, 1.82) is 0 Å². The molecule has 1 aliphatic heterocycles. The van der Waals surface area contributed by atoms with Gasteiger partial charge in [0.15, 0.2) is 0 Å². The highest BCUT2D eigenvalue weighted by Crippen LogP contribution is 2.06. The second kappa shape index (κ2) is 1.78. The van der Waals surface area contributed by atoms with Crippen molar-refractivity contribution in [2.24, 2.45) is 17.5 Å². The van der Waals surface area contributed by atoms with Crippen LogP contribution in [0.3, 0.4) is 0 Å². The fraction of sp³-hybridized carbons (Fsp3) is 1.00. The zero-order valence-corrected chi connectivity index (χ0v) is 4.30. The Bertz CT molecular complexity index is 58.0. The summed E-state index contributed by atoms with van der Waals surface area (Å²) in [7, 11) is 0. The van der Waals surface area contributed by atoms with Crippen LogP contribution in [0.4, 0.5) is 0 Å². The highest BCUT2D eigenvalue weighted by atomic mass is 15.4. The van der Waals surface area contributed by atoms with Crippen LogP contribution in [0.25, 0.3) is 0 Å². The van der Waals surface area contributed by atoms with Crippen molar-refractivity contribution in [3.8, 4) is 0 Å². The molecule has 3 heteroatoms. The van der Waals surface area contributed by atoms with E-state index in [2.05, 4.69) is 0 Å². The maximum atomic E-state index is 5.32. The molecule has 0 radical (unpaired) electrons. The number of rotatable bonds is 1. The minimum Gasteiger partial charge on any atom is -0.330 e. The quantitative estimate of drug-likeness (QED) is 0.406. The zero-order valence-electron chi connectivity index (χ0n) is 4.30. The molecule has 1 heterocycles. The summed E-state index contributed by atoms with van der Waals surface area (Å²) >= 11 is 0. The molecular formula is C4H11N3. The van der Waals surface area contributed by atoms with Gasteiger partial charge in [-0.3, -0.25) is 5.84 Å². The van der Waals surface area contributed by atoms with Crippen LogP contribution in [0.15, 0.2) is 0 Å². The van der Waals surface area contributed by atoms with Gasteiger partial charge in [0.2, 0.25) is 0 Å². The molecule has 0 spiro atoms. The smallest absolute Gasteiger partial charge is 0.0181 e. The molecule has 42 valence electrons. The predicted octanol–water partition coefficient (Wildman–Crippen LogP) is -1.25. The van der Waals surface area contributed by atoms with Gasteiger partial charge in [-0.1, -0.05) is 0 Å². The Hall–Kier alpha value is -0.120. The number of hydrogen-bond donors (Lipinski definition) is 2. The van der Waals surface area contributed by atoms with Crippen molar-refractivity contribution >= 4 is 0 Å². The molecule has 1 saturated heterocycles. The Kier molecular flexibility index (Phi) is 1.27. The first-order valence-corrected chi connectivity index (χ1v) is 2.52. The number of hydrazine groups is 1. The minimum absolute atomic E-state index is 0.671. The van der Waals surface area contributed by atoms with E-state index >= 15 is 0 Å². The van der Waals surface area contributed by atoms with Gasteiger partial charge in [0.25, 0.3) is 0 Å². The summed E-state index contributed by atoms with van der Waals surface area (Å²) in [5.41, 5.74) is 5.31.